The van der Waals surface area contributed by atoms with E-state index >= 15 is 0 Å². The number of H-pyrrole nitrogens is 1. The Morgan fingerprint density at radius 3 is 2.52 bits per heavy atom. The average molecular weight is 428 g/mol. The fraction of sp³-hybridized carbons (Fsp3) is 0.632. The fourth-order valence-corrected chi connectivity index (χ4v) is 4.09. The molecule has 2 aromatic rings. The summed E-state index contributed by atoms with van der Waals surface area (Å²) in [7, 11) is 0. The summed E-state index contributed by atoms with van der Waals surface area (Å²) in [5.74, 6) is 0.403. The summed E-state index contributed by atoms with van der Waals surface area (Å²) in [6.07, 6.45) is 7.25. The van der Waals surface area contributed by atoms with Crippen LogP contribution in [-0.4, -0.2) is 55.9 Å². The molecule has 10 heteroatoms. The molecule has 2 aromatic heterocycles. The number of nitrogens with one attached hydrogen (secondary N) is 2. The van der Waals surface area contributed by atoms with Gasteiger partial charge in [0.1, 0.15) is 5.65 Å². The molecule has 29 heavy (non-hydrogen) atoms. The van der Waals surface area contributed by atoms with Crippen molar-refractivity contribution >= 4 is 28.9 Å². The smallest absolute Gasteiger partial charge is 0.269 e. The number of nitrogens with zero attached hydrogens (tertiary/aromatic N) is 3. The quantitative estimate of drug-likeness (QED) is 0.645. The third-order valence-corrected chi connectivity index (χ3v) is 6.11. The molecule has 4 rings (SSSR count). The maximum Gasteiger partial charge on any atom is 0.269 e. The van der Waals surface area contributed by atoms with Crippen LogP contribution in [-0.2, 0) is 0 Å². The SMILES string of the molecule is CSN1CCC(Nc2ncc3cc(C(F)F)c(=O)[nH]c3n2)CC1.OC1CCCC1. The number of anilines is 1. The van der Waals surface area contributed by atoms with Crippen LogP contribution in [0.15, 0.2) is 17.1 Å². The lowest BCUT2D eigenvalue weighted by Crippen LogP contribution is -2.35. The van der Waals surface area contributed by atoms with Crippen LogP contribution in [0.25, 0.3) is 11.0 Å². The van der Waals surface area contributed by atoms with E-state index in [1.165, 1.54) is 19.0 Å². The molecule has 2 aliphatic rings. The van der Waals surface area contributed by atoms with Crippen LogP contribution < -0.4 is 10.9 Å². The molecule has 0 unspecified atom stereocenters. The molecule has 0 spiro atoms. The van der Waals surface area contributed by atoms with Crippen molar-refractivity contribution in [3.63, 3.8) is 0 Å². The Hall–Kier alpha value is -1.78. The standard InChI is InChI=1S/C14H17F2N5OS.C5H10O/c1-23-21-4-2-9(3-5-21)18-14-17-7-8-6-10(11(15)16)13(22)19-12(8)20-14;6-5-3-1-2-4-5/h6-7,9,11H,2-5H2,1H3,(H2,17,18,19,20,22);5-6H,1-4H2. The van der Waals surface area contributed by atoms with Gasteiger partial charge in [-0.25, -0.2) is 13.8 Å². The van der Waals surface area contributed by atoms with Crippen LogP contribution in [0.4, 0.5) is 14.7 Å². The molecule has 7 nitrogen and oxygen atoms in total. The highest BCUT2D eigenvalue weighted by molar-refractivity contribution is 7.96. The predicted octanol–water partition coefficient (Wildman–Crippen LogP) is 3.33. The summed E-state index contributed by atoms with van der Waals surface area (Å²) in [6, 6.07) is 1.41. The van der Waals surface area contributed by atoms with Crippen molar-refractivity contribution in [2.24, 2.45) is 0 Å². The summed E-state index contributed by atoms with van der Waals surface area (Å²) in [4.78, 5) is 22.4. The fourth-order valence-electron chi connectivity index (χ4n) is 3.51. The Kier molecular flexibility index (Phi) is 7.79. The molecule has 1 aliphatic carbocycles. The topological polar surface area (TPSA) is 94.1 Å². The minimum absolute atomic E-state index is 0.0463. The van der Waals surface area contributed by atoms with Crippen molar-refractivity contribution in [1.82, 2.24) is 19.3 Å². The maximum absolute atomic E-state index is 12.7. The van der Waals surface area contributed by atoms with Crippen molar-refractivity contribution in [3.05, 3.63) is 28.2 Å². The van der Waals surface area contributed by atoms with Gasteiger partial charge in [-0.2, -0.15) is 4.98 Å². The van der Waals surface area contributed by atoms with Crippen LogP contribution >= 0.6 is 11.9 Å². The van der Waals surface area contributed by atoms with Gasteiger partial charge in [-0.1, -0.05) is 24.8 Å². The van der Waals surface area contributed by atoms with Crippen molar-refractivity contribution in [1.29, 1.82) is 0 Å². The zero-order valence-electron chi connectivity index (χ0n) is 16.4. The largest absolute Gasteiger partial charge is 0.393 e. The monoisotopic (exact) mass is 427 g/mol. The van der Waals surface area contributed by atoms with Gasteiger partial charge in [0, 0.05) is 30.7 Å². The van der Waals surface area contributed by atoms with Gasteiger partial charge in [-0.15, -0.1) is 0 Å². The number of rotatable bonds is 4. The molecule has 1 saturated carbocycles. The van der Waals surface area contributed by atoms with Gasteiger partial charge < -0.3 is 15.4 Å². The van der Waals surface area contributed by atoms with E-state index in [2.05, 4.69) is 30.8 Å². The predicted molar refractivity (Wildman–Crippen MR) is 111 cm³/mol. The van der Waals surface area contributed by atoms with Crippen molar-refractivity contribution in [3.8, 4) is 0 Å². The zero-order chi connectivity index (χ0) is 20.8. The van der Waals surface area contributed by atoms with E-state index in [0.717, 1.165) is 44.8 Å². The van der Waals surface area contributed by atoms with E-state index in [1.54, 1.807) is 11.9 Å². The molecule has 0 bridgehead atoms. The molecule has 0 atom stereocenters. The van der Waals surface area contributed by atoms with Crippen LogP contribution in [0.3, 0.4) is 0 Å². The second-order valence-corrected chi connectivity index (χ2v) is 8.20. The molecule has 0 radical (unpaired) electrons. The lowest BCUT2D eigenvalue weighted by Gasteiger charge is -2.30. The van der Waals surface area contributed by atoms with Gasteiger partial charge in [0.15, 0.2) is 0 Å². The number of aromatic nitrogens is 3. The number of halogens is 2. The molecule has 2 fully saturated rings. The van der Waals surface area contributed by atoms with Crippen LogP contribution in [0.2, 0.25) is 0 Å². The molecule has 3 N–H and O–H groups in total. The second-order valence-electron chi connectivity index (χ2n) is 7.32. The Labute approximate surface area is 172 Å². The highest BCUT2D eigenvalue weighted by atomic mass is 32.2. The number of aliphatic hydroxyl groups excluding tert-OH is 1. The maximum atomic E-state index is 12.7. The molecule has 1 saturated heterocycles. The minimum Gasteiger partial charge on any atom is -0.393 e. The van der Waals surface area contributed by atoms with E-state index in [1.807, 2.05) is 0 Å². The minimum atomic E-state index is -2.82. The number of aromatic amines is 1. The number of hydrogen-bond donors (Lipinski definition) is 3. The van der Waals surface area contributed by atoms with Crippen molar-refractivity contribution < 1.29 is 13.9 Å². The zero-order valence-corrected chi connectivity index (χ0v) is 17.2. The van der Waals surface area contributed by atoms with E-state index in [0.29, 0.717) is 11.3 Å². The Bertz CT molecular complexity index is 852. The lowest BCUT2D eigenvalue weighted by atomic mass is 10.1. The first kappa shape index (κ1) is 21.9. The van der Waals surface area contributed by atoms with Crippen LogP contribution in [0.5, 0.6) is 0 Å². The van der Waals surface area contributed by atoms with Gasteiger partial charge >= 0.3 is 0 Å². The Balaban J connectivity index is 0.000000343. The third-order valence-electron chi connectivity index (χ3n) is 5.23. The number of fused-ring (bicyclic) bond motifs is 1. The summed E-state index contributed by atoms with van der Waals surface area (Å²) >= 11 is 1.73. The summed E-state index contributed by atoms with van der Waals surface area (Å²) < 4.78 is 27.7. The summed E-state index contributed by atoms with van der Waals surface area (Å²) in [6.45, 7) is 1.97. The van der Waals surface area contributed by atoms with Crippen LogP contribution in [0, 0.1) is 0 Å². The van der Waals surface area contributed by atoms with E-state index in [-0.39, 0.29) is 17.8 Å². The molecule has 3 heterocycles. The Morgan fingerprint density at radius 2 is 1.97 bits per heavy atom. The van der Waals surface area contributed by atoms with Crippen LogP contribution in [0.1, 0.15) is 50.5 Å². The molecule has 0 amide bonds. The molecular formula is C19H27F2N5O2S. The van der Waals surface area contributed by atoms with Crippen molar-refractivity contribution in [2.45, 2.75) is 57.1 Å². The first-order chi connectivity index (χ1) is 14.0. The van der Waals surface area contributed by atoms with Gasteiger partial charge in [0.05, 0.1) is 11.7 Å². The highest BCUT2D eigenvalue weighted by Crippen LogP contribution is 2.21. The number of aliphatic hydroxyl groups is 1. The van der Waals surface area contributed by atoms with E-state index in [9.17, 15) is 13.6 Å². The van der Waals surface area contributed by atoms with Gasteiger partial charge in [-0.05, 0) is 38.0 Å². The lowest BCUT2D eigenvalue weighted by molar-refractivity contribution is 0.150. The first-order valence-electron chi connectivity index (χ1n) is 9.88. The first-order valence-corrected chi connectivity index (χ1v) is 11.1. The van der Waals surface area contributed by atoms with Gasteiger partial charge in [-0.3, -0.25) is 9.10 Å². The molecule has 0 aromatic carbocycles. The number of pyridine rings is 1. The summed E-state index contributed by atoms with van der Waals surface area (Å²) in [5, 5.41) is 12.4. The number of alkyl halides is 2. The summed E-state index contributed by atoms with van der Waals surface area (Å²) in [5.41, 5.74) is -1.12. The molecular weight excluding hydrogens is 400 g/mol. The van der Waals surface area contributed by atoms with Crippen molar-refractivity contribution in [2.75, 3.05) is 24.7 Å². The van der Waals surface area contributed by atoms with Gasteiger partial charge in [0.25, 0.3) is 12.0 Å². The number of piperidine rings is 1. The Morgan fingerprint density at radius 1 is 1.28 bits per heavy atom. The number of hydrogen-bond acceptors (Lipinski definition) is 7. The normalized spacial score (nSPS) is 18.8. The second kappa shape index (κ2) is 10.3. The third kappa shape index (κ3) is 6.10. The van der Waals surface area contributed by atoms with E-state index < -0.39 is 17.5 Å². The highest BCUT2D eigenvalue weighted by Gasteiger charge is 2.19. The van der Waals surface area contributed by atoms with E-state index in [4.69, 9.17) is 5.11 Å². The average Bonchev–Trinajstić information content (AvgIpc) is 3.19. The van der Waals surface area contributed by atoms with Gasteiger partial charge in [0.2, 0.25) is 5.95 Å². The molecule has 1 aliphatic heterocycles. The molecule has 160 valence electrons.